The first-order valence-corrected chi connectivity index (χ1v) is 42.6. The predicted octanol–water partition coefficient (Wildman–Crippen LogP) is 23.4. The largest absolute Gasteiger partial charge is 0.472 e. The van der Waals surface area contributed by atoms with Gasteiger partial charge in [-0.2, -0.15) is 0 Å². The van der Waals surface area contributed by atoms with Gasteiger partial charge in [0, 0.05) is 19.3 Å². The normalized spacial score (nSPS) is 15.1. The molecular formula is C89H136O17P2. The van der Waals surface area contributed by atoms with Crippen molar-refractivity contribution in [3.8, 4) is 0 Å². The van der Waals surface area contributed by atoms with E-state index >= 15 is 0 Å². The second-order valence-electron chi connectivity index (χ2n) is 25.1. The molecule has 0 spiro atoms. The van der Waals surface area contributed by atoms with Crippen LogP contribution in [0, 0.1) is 0 Å². The summed E-state index contributed by atoms with van der Waals surface area (Å²) in [6, 6.07) is 0. The molecule has 0 aliphatic carbocycles. The highest BCUT2D eigenvalue weighted by molar-refractivity contribution is 7.47. The van der Waals surface area contributed by atoms with Gasteiger partial charge < -0.3 is 33.8 Å². The van der Waals surface area contributed by atoms with Gasteiger partial charge in [-0.1, -0.05) is 271 Å². The number of unbranched alkanes of at least 4 members (excludes halogenated alkanes) is 8. The van der Waals surface area contributed by atoms with Gasteiger partial charge in [0.1, 0.15) is 19.3 Å². The van der Waals surface area contributed by atoms with Crippen molar-refractivity contribution in [3.05, 3.63) is 231 Å². The average Bonchev–Trinajstić information content (AvgIpc) is 0.923. The number of aliphatic hydroxyl groups is 1. The summed E-state index contributed by atoms with van der Waals surface area (Å²) >= 11 is 0. The van der Waals surface area contributed by atoms with Crippen molar-refractivity contribution in [3.63, 3.8) is 0 Å². The van der Waals surface area contributed by atoms with Crippen LogP contribution in [0.15, 0.2) is 231 Å². The SMILES string of the molecule is CC/C=C\C/C=C\C/C=C\C/C=C\C/C=C\CCCCCC(=O)OCC(COP(=O)(O)OCC(O)COP(=O)(O)OCC(COC(=O)CCCCC/C=C\C/C=C\C/C=C\C/C=C\C/C=C\CC)OC(=O)CCCC/C=C\C/C=C\C/C=C\C/C=C\CC)OC(=O)C/C=C\C/C=C\C/C=C\C/C=C\C/C=C\CC. The van der Waals surface area contributed by atoms with Crippen molar-refractivity contribution in [1.82, 2.24) is 0 Å². The Bertz CT molecular complexity index is 2960. The monoisotopic (exact) mass is 1540 g/mol. The minimum Gasteiger partial charge on any atom is -0.462 e. The molecule has 0 saturated heterocycles. The van der Waals surface area contributed by atoms with Crippen molar-refractivity contribution in [1.29, 1.82) is 0 Å². The summed E-state index contributed by atoms with van der Waals surface area (Å²) in [6.45, 7) is 4.12. The topological polar surface area (TPSA) is 237 Å². The first kappa shape index (κ1) is 101. The van der Waals surface area contributed by atoms with Crippen LogP contribution in [0.1, 0.15) is 246 Å². The molecule has 17 nitrogen and oxygen atoms in total. The molecule has 0 aliphatic heterocycles. The summed E-state index contributed by atoms with van der Waals surface area (Å²) in [4.78, 5) is 73.0. The summed E-state index contributed by atoms with van der Waals surface area (Å²) < 4.78 is 68.4. The molecule has 0 aromatic carbocycles. The maximum atomic E-state index is 13.1. The van der Waals surface area contributed by atoms with Crippen LogP contribution in [0.25, 0.3) is 0 Å². The fraction of sp³-hybridized carbons (Fsp3) is 0.528. The zero-order valence-corrected chi connectivity index (χ0v) is 67.7. The van der Waals surface area contributed by atoms with Crippen LogP contribution in [0.3, 0.4) is 0 Å². The van der Waals surface area contributed by atoms with E-state index in [2.05, 4.69) is 228 Å². The lowest BCUT2D eigenvalue weighted by Gasteiger charge is -2.21. The Kier molecular flexibility index (Phi) is 73.3. The van der Waals surface area contributed by atoms with Crippen molar-refractivity contribution in [2.75, 3.05) is 39.6 Å². The fourth-order valence-electron chi connectivity index (χ4n) is 9.28. The molecule has 0 aromatic rings. The van der Waals surface area contributed by atoms with Gasteiger partial charge in [-0.3, -0.25) is 37.3 Å². The number of carbonyl (C=O) groups is 4. The highest BCUT2D eigenvalue weighted by atomic mass is 31.2. The Labute approximate surface area is 651 Å². The molecule has 0 saturated carbocycles. The minimum atomic E-state index is -5.03. The molecule has 5 atom stereocenters. The molecule has 0 aromatic heterocycles. The summed E-state index contributed by atoms with van der Waals surface area (Å²) in [5.74, 6) is -2.48. The molecule has 0 bridgehead atoms. The first-order valence-electron chi connectivity index (χ1n) is 39.6. The van der Waals surface area contributed by atoms with Crippen LogP contribution in [-0.2, 0) is 65.4 Å². The van der Waals surface area contributed by atoms with Gasteiger partial charge in [0.25, 0.3) is 0 Å². The van der Waals surface area contributed by atoms with Gasteiger partial charge in [0.15, 0.2) is 12.2 Å². The quantitative estimate of drug-likeness (QED) is 0.0169. The Hall–Kier alpha value is -6.88. The van der Waals surface area contributed by atoms with Gasteiger partial charge in [-0.15, -0.1) is 0 Å². The van der Waals surface area contributed by atoms with E-state index in [-0.39, 0.29) is 25.7 Å². The smallest absolute Gasteiger partial charge is 0.462 e. The van der Waals surface area contributed by atoms with Crippen LogP contribution in [0.4, 0.5) is 0 Å². The van der Waals surface area contributed by atoms with E-state index in [1.165, 1.54) is 0 Å². The lowest BCUT2D eigenvalue weighted by Crippen LogP contribution is -2.30. The van der Waals surface area contributed by atoms with Crippen LogP contribution < -0.4 is 0 Å². The number of phosphoric acid groups is 2. The summed E-state index contributed by atoms with van der Waals surface area (Å²) in [5, 5.41) is 10.6. The molecule has 0 rings (SSSR count). The van der Waals surface area contributed by atoms with Crippen LogP contribution in [-0.4, -0.2) is 96.7 Å². The van der Waals surface area contributed by atoms with Gasteiger partial charge in [-0.25, -0.2) is 9.13 Å². The van der Waals surface area contributed by atoms with Gasteiger partial charge in [-0.05, 0) is 180 Å². The third-order valence-electron chi connectivity index (χ3n) is 15.1. The Morgan fingerprint density at radius 1 is 0.269 bits per heavy atom. The highest BCUT2D eigenvalue weighted by Crippen LogP contribution is 2.45. The lowest BCUT2D eigenvalue weighted by atomic mass is 10.1. The number of allylic oxidation sites excluding steroid dienone is 37. The third kappa shape index (κ3) is 77.3. The zero-order valence-electron chi connectivity index (χ0n) is 65.9. The third-order valence-corrected chi connectivity index (χ3v) is 17.0. The van der Waals surface area contributed by atoms with Crippen molar-refractivity contribution >= 4 is 39.5 Å². The summed E-state index contributed by atoms with van der Waals surface area (Å²) in [6.07, 6.45) is 101. The van der Waals surface area contributed by atoms with Crippen LogP contribution in [0.2, 0.25) is 0 Å². The number of carbonyl (C=O) groups excluding carboxylic acids is 4. The number of hydrogen-bond donors (Lipinski definition) is 3. The van der Waals surface area contributed by atoms with E-state index in [1.54, 1.807) is 12.2 Å². The minimum absolute atomic E-state index is 0.0210. The molecule has 0 amide bonds. The zero-order chi connectivity index (χ0) is 78.9. The van der Waals surface area contributed by atoms with E-state index in [1.807, 2.05) is 18.2 Å². The Balaban J connectivity index is 5.56. The number of aliphatic hydroxyl groups excluding tert-OH is 1. The number of ether oxygens (including phenoxy) is 4. The average molecular weight is 1540 g/mol. The van der Waals surface area contributed by atoms with Gasteiger partial charge in [0.2, 0.25) is 0 Å². The molecule has 3 N–H and O–H groups in total. The van der Waals surface area contributed by atoms with Gasteiger partial charge in [0.05, 0.1) is 32.8 Å². The Morgan fingerprint density at radius 2 is 0.491 bits per heavy atom. The molecule has 19 heteroatoms. The Morgan fingerprint density at radius 3 is 0.778 bits per heavy atom. The molecule has 108 heavy (non-hydrogen) atoms. The summed E-state index contributed by atoms with van der Waals surface area (Å²) in [5.41, 5.74) is 0. The molecule has 5 unspecified atom stereocenters. The van der Waals surface area contributed by atoms with E-state index in [0.29, 0.717) is 32.1 Å². The predicted molar refractivity (Wildman–Crippen MR) is 444 cm³/mol. The lowest BCUT2D eigenvalue weighted by molar-refractivity contribution is -0.161. The second kappa shape index (κ2) is 78.2. The molecular weight excluding hydrogens is 1400 g/mol. The van der Waals surface area contributed by atoms with E-state index in [4.69, 9.17) is 37.0 Å². The van der Waals surface area contributed by atoms with Crippen molar-refractivity contribution < 1.29 is 80.2 Å². The van der Waals surface area contributed by atoms with Crippen LogP contribution >= 0.6 is 15.6 Å². The molecule has 0 aliphatic rings. The maximum Gasteiger partial charge on any atom is 0.472 e. The molecule has 0 heterocycles. The summed E-state index contributed by atoms with van der Waals surface area (Å²) in [7, 11) is -10.1. The van der Waals surface area contributed by atoms with Crippen molar-refractivity contribution in [2.45, 2.75) is 264 Å². The number of phosphoric ester groups is 2. The second-order valence-corrected chi connectivity index (χ2v) is 28.0. The molecule has 0 fully saturated rings. The van der Waals surface area contributed by atoms with Crippen LogP contribution in [0.5, 0.6) is 0 Å². The number of esters is 4. The number of hydrogen-bond acceptors (Lipinski definition) is 15. The molecule has 0 radical (unpaired) electrons. The fourth-order valence-corrected chi connectivity index (χ4v) is 10.9. The van der Waals surface area contributed by atoms with Gasteiger partial charge >= 0.3 is 39.5 Å². The maximum absolute atomic E-state index is 13.1. The molecule has 604 valence electrons. The highest BCUT2D eigenvalue weighted by Gasteiger charge is 2.30. The van der Waals surface area contributed by atoms with Crippen molar-refractivity contribution in [2.24, 2.45) is 0 Å². The first-order chi connectivity index (χ1) is 52.7. The van der Waals surface area contributed by atoms with E-state index < -0.39 is 97.5 Å². The van der Waals surface area contributed by atoms with E-state index in [9.17, 15) is 43.2 Å². The number of rotatable bonds is 71. The van der Waals surface area contributed by atoms with E-state index in [0.717, 1.165) is 161 Å². The standard InChI is InChI=1S/C89H136O17P2/c1-5-9-13-17-21-25-29-33-37-39-41-43-47-49-53-57-61-65-69-73-86(91)99-79-84(105-88(93)75-71-67-63-59-55-51-45-35-31-27-23-19-15-11-7-3)81-103-107(95,96)101-77-83(90)78-102-108(97,98)104-82-85(106-89(94)76-72-68-64-60-56-52-46-36-32-28-24-20-16-12-8-4)80-100-87(92)74-70-66-62-58-54-50-48-44-42-40-38-34-30-26-22-18-14-10-6-2/h9-16,21-28,33-38,41-46,49-50,53-56,59-60,67,71,83-85,90H,5-8,17-20,29-32,39-40,47-48,51-52,57-58,61-66,68-70,72-82H2,1-4H3,(H,95,96)(H,97,98)/b13-9-,14-10-,15-11-,16-12-,25-21-,26-22-,27-23-,28-24-,37-33-,38-34-,43-41-,44-42-,45-35-,46-36-,53-49-,54-50-,59-55-,60-56-,71-67-.